The Balaban J connectivity index is 0.000000707. The number of alkyl halides is 3. The summed E-state index contributed by atoms with van der Waals surface area (Å²) >= 11 is 7.00. The zero-order valence-electron chi connectivity index (χ0n) is 23.5. The zero-order chi connectivity index (χ0) is 33.5. The van der Waals surface area contributed by atoms with Gasteiger partial charge in [0, 0.05) is 30.8 Å². The molecule has 2 heterocycles. The van der Waals surface area contributed by atoms with Crippen LogP contribution >= 0.6 is 22.9 Å². The summed E-state index contributed by atoms with van der Waals surface area (Å²) < 4.78 is 82.2. The first-order valence-electron chi connectivity index (χ1n) is 13.1. The van der Waals surface area contributed by atoms with E-state index in [9.17, 15) is 41.0 Å². The van der Waals surface area contributed by atoms with Gasteiger partial charge in [-0.15, -0.1) is 11.3 Å². The number of halogens is 5. The van der Waals surface area contributed by atoms with E-state index in [2.05, 4.69) is 4.90 Å². The van der Waals surface area contributed by atoms with Crippen LogP contribution in [0.25, 0.3) is 11.1 Å². The van der Waals surface area contributed by atoms with Gasteiger partial charge in [0.2, 0.25) is 0 Å². The number of phenolic OH excluding ortho intramolecular Hbond substituents is 2. The predicted molar refractivity (Wildman–Crippen MR) is 156 cm³/mol. The van der Waals surface area contributed by atoms with Gasteiger partial charge in [-0.05, 0) is 55.3 Å². The minimum Gasteiger partial charge on any atom is -0.507 e. The molecule has 10 nitrogen and oxygen atoms in total. The van der Waals surface area contributed by atoms with Crippen molar-refractivity contribution in [3.8, 4) is 22.6 Å². The molecule has 0 spiro atoms. The molecule has 1 saturated heterocycles. The first kappa shape index (κ1) is 36.0. The molecule has 1 atom stereocenters. The number of carboxylic acids is 1. The van der Waals surface area contributed by atoms with Crippen molar-refractivity contribution in [2.45, 2.75) is 35.6 Å². The number of hydrogen-bond donors (Lipinski definition) is 3. The lowest BCUT2D eigenvalue weighted by atomic mass is 10.1. The maximum atomic E-state index is 13.7. The molecule has 3 N–H and O–H groups in total. The Kier molecular flexibility index (Phi) is 12.2. The van der Waals surface area contributed by atoms with Gasteiger partial charge in [0.1, 0.15) is 31.4 Å². The van der Waals surface area contributed by atoms with Crippen LogP contribution < -0.4 is 0 Å². The lowest BCUT2D eigenvalue weighted by Crippen LogP contribution is -2.41. The number of hydrogen-bond acceptors (Lipinski definition) is 10. The molecule has 17 heteroatoms. The van der Waals surface area contributed by atoms with Gasteiger partial charge in [-0.1, -0.05) is 17.7 Å². The van der Waals surface area contributed by atoms with E-state index < -0.39 is 39.5 Å². The monoisotopic (exact) mass is 697 g/mol. The first-order chi connectivity index (χ1) is 21.0. The number of aromatic hydroxyl groups is 2. The highest BCUT2D eigenvalue weighted by Gasteiger charge is 2.38. The number of esters is 1. The molecule has 1 unspecified atom stereocenters. The lowest BCUT2D eigenvalue weighted by Gasteiger charge is -2.30. The van der Waals surface area contributed by atoms with Crippen molar-refractivity contribution >= 4 is 44.7 Å². The zero-order valence-corrected chi connectivity index (χ0v) is 25.9. The number of rotatable bonds is 9. The summed E-state index contributed by atoms with van der Waals surface area (Å²) in [6, 6.07) is 8.54. The number of sulfone groups is 1. The quantitative estimate of drug-likeness (QED) is 0.149. The Hall–Kier alpha value is -3.44. The van der Waals surface area contributed by atoms with E-state index in [-0.39, 0.29) is 55.0 Å². The van der Waals surface area contributed by atoms with Crippen molar-refractivity contribution in [3.63, 3.8) is 0 Å². The fraction of sp³-hybridized carbons (Fsp3) is 0.357. The van der Waals surface area contributed by atoms with Crippen LogP contribution in [0.15, 0.2) is 46.7 Å². The smallest absolute Gasteiger partial charge is 0.490 e. The van der Waals surface area contributed by atoms with E-state index in [0.29, 0.717) is 13.0 Å². The van der Waals surface area contributed by atoms with Crippen molar-refractivity contribution < 1.29 is 60.4 Å². The van der Waals surface area contributed by atoms with Gasteiger partial charge in [-0.3, -0.25) is 4.90 Å². The molecule has 0 aliphatic carbocycles. The van der Waals surface area contributed by atoms with Gasteiger partial charge in [0.05, 0.1) is 25.1 Å². The molecular weight excluding hydrogens is 670 g/mol. The Bertz CT molecular complexity index is 1630. The molecule has 1 aliphatic heterocycles. The molecule has 2 aromatic carbocycles. The number of thiophene rings is 1. The molecule has 1 fully saturated rings. The number of morpholine rings is 1. The van der Waals surface area contributed by atoms with Crippen LogP contribution in [0.4, 0.5) is 17.6 Å². The molecule has 45 heavy (non-hydrogen) atoms. The van der Waals surface area contributed by atoms with E-state index in [4.69, 9.17) is 31.0 Å². The van der Waals surface area contributed by atoms with Crippen molar-refractivity contribution in [1.82, 2.24) is 4.90 Å². The minimum atomic E-state index is -5.08. The number of ether oxygens (including phenoxy) is 2. The SMILES string of the molecule is CC1CN(CCCOC(=O)c2ccc(CS(=O)(=O)c3cc(-c4cc(F)ccc4O)c(Cl)s3)cc2O)CCO1.O=C(O)C(F)(F)F. The van der Waals surface area contributed by atoms with Crippen LogP contribution in [0, 0.1) is 5.82 Å². The van der Waals surface area contributed by atoms with Crippen molar-refractivity contribution in [3.05, 3.63) is 63.7 Å². The van der Waals surface area contributed by atoms with Crippen molar-refractivity contribution in [2.24, 2.45) is 0 Å². The van der Waals surface area contributed by atoms with Crippen LogP contribution in [0.5, 0.6) is 11.5 Å². The second kappa shape index (κ2) is 15.2. The Morgan fingerprint density at radius 3 is 2.42 bits per heavy atom. The van der Waals surface area contributed by atoms with Gasteiger partial charge in [0.15, 0.2) is 9.84 Å². The van der Waals surface area contributed by atoms with Crippen LogP contribution in [0.3, 0.4) is 0 Å². The van der Waals surface area contributed by atoms with Gasteiger partial charge in [-0.2, -0.15) is 13.2 Å². The molecule has 0 radical (unpaired) electrons. The molecule has 246 valence electrons. The van der Waals surface area contributed by atoms with Gasteiger partial charge in [0.25, 0.3) is 0 Å². The molecule has 0 saturated carbocycles. The van der Waals surface area contributed by atoms with E-state index in [1.807, 2.05) is 6.92 Å². The summed E-state index contributed by atoms with van der Waals surface area (Å²) in [6.07, 6.45) is -4.28. The molecule has 3 aromatic rings. The first-order valence-corrected chi connectivity index (χ1v) is 16.0. The Labute approximate surface area is 264 Å². The van der Waals surface area contributed by atoms with Gasteiger partial charge < -0.3 is 24.8 Å². The third-order valence-corrected chi connectivity index (χ3v) is 9.89. The van der Waals surface area contributed by atoms with Crippen LogP contribution in [-0.4, -0.2) is 85.7 Å². The summed E-state index contributed by atoms with van der Waals surface area (Å²) in [7, 11) is -3.91. The standard InChI is InChI=1S/C26H27ClFNO7S2.C2HF3O2/c1-16-14-29(8-10-35-16)7-2-9-36-26(32)19-5-3-17(11-23(19)31)15-38(33,34)24-13-21(25(27)37-24)20-12-18(28)4-6-22(20)30;3-2(4,5)1(6)7/h3-6,11-13,16,30-31H,2,7-10,14-15H2,1H3;(H,6,7). The summed E-state index contributed by atoms with van der Waals surface area (Å²) in [4.78, 5) is 23.6. The highest BCUT2D eigenvalue weighted by atomic mass is 35.5. The number of nitrogens with zero attached hydrogens (tertiary/aromatic N) is 1. The number of carbonyl (C=O) groups is 2. The Morgan fingerprint density at radius 1 is 1.11 bits per heavy atom. The fourth-order valence-corrected chi connectivity index (χ4v) is 7.33. The second-order valence-corrected chi connectivity index (χ2v) is 13.7. The van der Waals surface area contributed by atoms with E-state index >= 15 is 0 Å². The van der Waals surface area contributed by atoms with E-state index in [0.717, 1.165) is 49.2 Å². The third kappa shape index (κ3) is 10.3. The summed E-state index contributed by atoms with van der Waals surface area (Å²) in [5.41, 5.74) is 0.457. The van der Waals surface area contributed by atoms with E-state index in [1.54, 1.807) is 0 Å². The van der Waals surface area contributed by atoms with Crippen LogP contribution in [-0.2, 0) is 29.9 Å². The average molecular weight is 698 g/mol. The maximum Gasteiger partial charge on any atom is 0.490 e. The number of aliphatic carboxylic acids is 1. The normalized spacial score (nSPS) is 15.6. The lowest BCUT2D eigenvalue weighted by molar-refractivity contribution is -0.192. The van der Waals surface area contributed by atoms with Gasteiger partial charge in [-0.25, -0.2) is 22.4 Å². The largest absolute Gasteiger partial charge is 0.507 e. The topological polar surface area (TPSA) is 151 Å². The molecule has 1 aliphatic rings. The van der Waals surface area contributed by atoms with Crippen molar-refractivity contribution in [2.75, 3.05) is 32.8 Å². The van der Waals surface area contributed by atoms with Crippen LogP contribution in [0.2, 0.25) is 4.34 Å². The fourth-order valence-electron chi connectivity index (χ4n) is 4.16. The number of phenols is 2. The average Bonchev–Trinajstić information content (AvgIpc) is 3.34. The molecule has 1 aromatic heterocycles. The van der Waals surface area contributed by atoms with Crippen molar-refractivity contribution in [1.29, 1.82) is 0 Å². The highest BCUT2D eigenvalue weighted by Crippen LogP contribution is 2.42. The maximum absolute atomic E-state index is 13.7. The second-order valence-electron chi connectivity index (χ2n) is 9.80. The van der Waals surface area contributed by atoms with E-state index in [1.165, 1.54) is 24.3 Å². The number of benzene rings is 2. The predicted octanol–water partition coefficient (Wildman–Crippen LogP) is 5.49. The third-order valence-electron chi connectivity index (χ3n) is 6.28. The molecule has 4 rings (SSSR count). The highest BCUT2D eigenvalue weighted by molar-refractivity contribution is 7.92. The van der Waals surface area contributed by atoms with Gasteiger partial charge >= 0.3 is 18.1 Å². The summed E-state index contributed by atoms with van der Waals surface area (Å²) in [6.45, 7) is 5.28. The Morgan fingerprint density at radius 2 is 1.80 bits per heavy atom. The number of carbonyl (C=O) groups excluding carboxylic acids is 1. The number of carboxylic acid groups (broad SMARTS) is 1. The molecule has 0 bridgehead atoms. The summed E-state index contributed by atoms with van der Waals surface area (Å²) in [5, 5.41) is 27.6. The van der Waals surface area contributed by atoms with Crippen LogP contribution in [0.1, 0.15) is 29.3 Å². The summed E-state index contributed by atoms with van der Waals surface area (Å²) in [5.74, 6) is -5.16. The minimum absolute atomic E-state index is 0.0609. The molecular formula is C28H28ClF4NO9S2. The molecule has 0 amide bonds.